The van der Waals surface area contributed by atoms with Gasteiger partial charge in [0.1, 0.15) is 0 Å². The standard InChI is InChI=1S/C8H8BrN.ClH/c9-7-1-2-8-6(5-7)3-4-10-8;/h1-2,5,10H,3-4H2;1H. The molecular weight excluding hydrogens is 225 g/mol. The molecule has 0 aromatic heterocycles. The normalized spacial score (nSPS) is 13.2. The summed E-state index contributed by atoms with van der Waals surface area (Å²) in [5.41, 5.74) is 2.72. The minimum atomic E-state index is 0. The summed E-state index contributed by atoms with van der Waals surface area (Å²) in [6.45, 7) is 1.09. The van der Waals surface area contributed by atoms with E-state index >= 15 is 0 Å². The molecule has 0 saturated carbocycles. The Bertz CT molecular complexity index is 262. The van der Waals surface area contributed by atoms with Crippen LogP contribution in [-0.2, 0) is 6.42 Å². The van der Waals surface area contributed by atoms with Crippen molar-refractivity contribution in [1.82, 2.24) is 0 Å². The van der Waals surface area contributed by atoms with Gasteiger partial charge in [-0.3, -0.25) is 0 Å². The highest BCUT2D eigenvalue weighted by atomic mass is 79.9. The van der Waals surface area contributed by atoms with E-state index in [4.69, 9.17) is 0 Å². The molecule has 1 aliphatic heterocycles. The summed E-state index contributed by atoms with van der Waals surface area (Å²) < 4.78 is 1.18. The first kappa shape index (κ1) is 8.88. The van der Waals surface area contributed by atoms with Crippen molar-refractivity contribution in [3.63, 3.8) is 0 Å². The van der Waals surface area contributed by atoms with Crippen LogP contribution in [-0.4, -0.2) is 6.54 Å². The van der Waals surface area contributed by atoms with Crippen LogP contribution in [0.25, 0.3) is 0 Å². The van der Waals surface area contributed by atoms with Crippen molar-refractivity contribution < 1.29 is 0 Å². The summed E-state index contributed by atoms with van der Waals surface area (Å²) in [7, 11) is 0. The van der Waals surface area contributed by atoms with Gasteiger partial charge in [0.25, 0.3) is 0 Å². The average Bonchev–Trinajstić information content (AvgIpc) is 2.33. The summed E-state index contributed by atoms with van der Waals surface area (Å²) in [4.78, 5) is 0. The van der Waals surface area contributed by atoms with Crippen molar-refractivity contribution in [1.29, 1.82) is 0 Å². The number of hydrogen-bond acceptors (Lipinski definition) is 1. The van der Waals surface area contributed by atoms with Crippen LogP contribution in [0.15, 0.2) is 22.7 Å². The number of nitrogens with one attached hydrogen (secondary N) is 1. The lowest BCUT2D eigenvalue weighted by molar-refractivity contribution is 1.10. The van der Waals surface area contributed by atoms with Gasteiger partial charge < -0.3 is 5.32 Å². The molecule has 0 fully saturated rings. The Morgan fingerprint density at radius 3 is 3.00 bits per heavy atom. The minimum Gasteiger partial charge on any atom is -0.384 e. The Labute approximate surface area is 80.7 Å². The maximum Gasteiger partial charge on any atom is 0.0374 e. The zero-order valence-corrected chi connectivity index (χ0v) is 8.33. The number of anilines is 1. The number of hydrogen-bond donors (Lipinski definition) is 1. The molecule has 0 bridgehead atoms. The predicted octanol–water partition coefficient (Wildman–Crippen LogP) is 2.84. The highest BCUT2D eigenvalue weighted by molar-refractivity contribution is 9.10. The van der Waals surface area contributed by atoms with E-state index in [9.17, 15) is 0 Å². The highest BCUT2D eigenvalue weighted by Crippen LogP contribution is 2.24. The Kier molecular flexibility index (Phi) is 2.79. The fourth-order valence-electron chi connectivity index (χ4n) is 1.27. The molecule has 11 heavy (non-hydrogen) atoms. The van der Waals surface area contributed by atoms with E-state index in [0.29, 0.717) is 0 Å². The lowest BCUT2D eigenvalue weighted by atomic mass is 10.2. The molecule has 1 nitrogen and oxygen atoms in total. The van der Waals surface area contributed by atoms with Gasteiger partial charge in [0.15, 0.2) is 0 Å². The van der Waals surface area contributed by atoms with E-state index < -0.39 is 0 Å². The number of fused-ring (bicyclic) bond motifs is 1. The molecule has 1 aliphatic rings. The predicted molar refractivity (Wildman–Crippen MR) is 53.6 cm³/mol. The third-order valence-electron chi connectivity index (χ3n) is 1.78. The van der Waals surface area contributed by atoms with E-state index in [-0.39, 0.29) is 12.4 Å². The second-order valence-electron chi connectivity index (χ2n) is 2.48. The van der Waals surface area contributed by atoms with Gasteiger partial charge in [-0.25, -0.2) is 0 Å². The van der Waals surface area contributed by atoms with Crippen LogP contribution < -0.4 is 5.32 Å². The third kappa shape index (κ3) is 1.68. The highest BCUT2D eigenvalue weighted by Gasteiger charge is 2.08. The van der Waals surface area contributed by atoms with Gasteiger partial charge in [0.05, 0.1) is 0 Å². The SMILES string of the molecule is Brc1ccc2c(c1)CCN2.Cl. The first-order valence-corrected chi connectivity index (χ1v) is 4.18. The second kappa shape index (κ2) is 3.46. The van der Waals surface area contributed by atoms with Crippen molar-refractivity contribution in [2.24, 2.45) is 0 Å². The van der Waals surface area contributed by atoms with Crippen LogP contribution in [0.3, 0.4) is 0 Å². The molecule has 1 N–H and O–H groups in total. The van der Waals surface area contributed by atoms with Gasteiger partial charge >= 0.3 is 0 Å². The van der Waals surface area contributed by atoms with Crippen molar-refractivity contribution in [3.05, 3.63) is 28.2 Å². The zero-order valence-electron chi connectivity index (χ0n) is 5.93. The summed E-state index contributed by atoms with van der Waals surface area (Å²) in [6, 6.07) is 6.36. The summed E-state index contributed by atoms with van der Waals surface area (Å²) in [5.74, 6) is 0. The van der Waals surface area contributed by atoms with Gasteiger partial charge in [0.2, 0.25) is 0 Å². The number of benzene rings is 1. The molecule has 1 aromatic carbocycles. The zero-order chi connectivity index (χ0) is 6.97. The van der Waals surface area contributed by atoms with Gasteiger partial charge in [-0.15, -0.1) is 12.4 Å². The molecule has 0 atom stereocenters. The molecule has 1 aromatic rings. The Morgan fingerprint density at radius 2 is 2.18 bits per heavy atom. The molecule has 0 saturated heterocycles. The van der Waals surface area contributed by atoms with Crippen molar-refractivity contribution in [2.75, 3.05) is 11.9 Å². The van der Waals surface area contributed by atoms with E-state index in [1.807, 2.05) is 0 Å². The van der Waals surface area contributed by atoms with Crippen LogP contribution >= 0.6 is 28.3 Å². The lowest BCUT2D eigenvalue weighted by Crippen LogP contribution is -1.90. The Hall–Kier alpha value is -0.210. The summed E-state index contributed by atoms with van der Waals surface area (Å²) in [6.07, 6.45) is 1.16. The fourth-order valence-corrected chi connectivity index (χ4v) is 1.68. The van der Waals surface area contributed by atoms with Crippen molar-refractivity contribution in [2.45, 2.75) is 6.42 Å². The van der Waals surface area contributed by atoms with Crippen LogP contribution in [0.1, 0.15) is 5.56 Å². The molecular formula is C8H9BrClN. The quantitative estimate of drug-likeness (QED) is 0.728. The summed E-state index contributed by atoms with van der Waals surface area (Å²) in [5, 5.41) is 3.31. The van der Waals surface area contributed by atoms with Crippen LogP contribution in [0, 0.1) is 0 Å². The van der Waals surface area contributed by atoms with Gasteiger partial charge in [-0.2, -0.15) is 0 Å². The first-order valence-electron chi connectivity index (χ1n) is 3.38. The van der Waals surface area contributed by atoms with Gasteiger partial charge in [0, 0.05) is 16.7 Å². The van der Waals surface area contributed by atoms with E-state index in [0.717, 1.165) is 13.0 Å². The van der Waals surface area contributed by atoms with Gasteiger partial charge in [-0.05, 0) is 30.2 Å². The Morgan fingerprint density at radius 1 is 1.36 bits per heavy atom. The van der Waals surface area contributed by atoms with Crippen LogP contribution in [0.5, 0.6) is 0 Å². The topological polar surface area (TPSA) is 12.0 Å². The molecule has 0 amide bonds. The van der Waals surface area contributed by atoms with Crippen molar-refractivity contribution in [3.8, 4) is 0 Å². The molecule has 0 aliphatic carbocycles. The van der Waals surface area contributed by atoms with Gasteiger partial charge in [-0.1, -0.05) is 15.9 Å². The number of rotatable bonds is 0. The fraction of sp³-hybridized carbons (Fsp3) is 0.250. The smallest absolute Gasteiger partial charge is 0.0374 e. The van der Waals surface area contributed by atoms with E-state index in [2.05, 4.69) is 39.4 Å². The lowest BCUT2D eigenvalue weighted by Gasteiger charge is -1.97. The van der Waals surface area contributed by atoms with E-state index in [1.54, 1.807) is 0 Å². The minimum absolute atomic E-state index is 0. The molecule has 0 unspecified atom stereocenters. The molecule has 2 rings (SSSR count). The first-order chi connectivity index (χ1) is 4.86. The monoisotopic (exact) mass is 233 g/mol. The van der Waals surface area contributed by atoms with E-state index in [1.165, 1.54) is 15.7 Å². The largest absolute Gasteiger partial charge is 0.384 e. The second-order valence-corrected chi connectivity index (χ2v) is 3.39. The Balaban J connectivity index is 0.000000605. The molecule has 0 spiro atoms. The molecule has 1 heterocycles. The van der Waals surface area contributed by atoms with Crippen LogP contribution in [0.4, 0.5) is 5.69 Å². The molecule has 60 valence electrons. The van der Waals surface area contributed by atoms with Crippen LogP contribution in [0.2, 0.25) is 0 Å². The third-order valence-corrected chi connectivity index (χ3v) is 2.27. The maximum atomic E-state index is 3.44. The molecule has 0 radical (unpaired) electrons. The average molecular weight is 235 g/mol. The maximum absolute atomic E-state index is 3.44. The summed E-state index contributed by atoms with van der Waals surface area (Å²) >= 11 is 3.44. The molecule has 3 heteroatoms. The number of halogens is 2. The van der Waals surface area contributed by atoms with Crippen molar-refractivity contribution >= 4 is 34.0 Å².